The van der Waals surface area contributed by atoms with Crippen LogP contribution in [0.15, 0.2) is 18.2 Å². The van der Waals surface area contributed by atoms with Crippen LogP contribution in [0, 0.1) is 5.92 Å². The third kappa shape index (κ3) is 1.76. The number of hydrogen-bond acceptors (Lipinski definition) is 2. The van der Waals surface area contributed by atoms with E-state index in [1.165, 1.54) is 11.1 Å². The van der Waals surface area contributed by atoms with Gasteiger partial charge in [-0.05, 0) is 42.0 Å². The molecular weight excluding hydrogens is 188 g/mol. The van der Waals surface area contributed by atoms with Crippen molar-refractivity contribution in [3.63, 3.8) is 0 Å². The quantitative estimate of drug-likeness (QED) is 0.707. The Balaban J connectivity index is 2.35. The van der Waals surface area contributed by atoms with Gasteiger partial charge in [0.05, 0.1) is 7.11 Å². The highest BCUT2D eigenvalue weighted by Crippen LogP contribution is 2.39. The Morgan fingerprint density at radius 2 is 2.33 bits per heavy atom. The molecule has 2 rings (SSSR count). The van der Waals surface area contributed by atoms with E-state index < -0.39 is 0 Å². The van der Waals surface area contributed by atoms with Crippen LogP contribution in [0.1, 0.15) is 30.4 Å². The first-order valence-electron chi connectivity index (χ1n) is 5.38. The van der Waals surface area contributed by atoms with E-state index in [1.807, 2.05) is 13.0 Å². The standard InChI is InChI=1S/C13H16O2/c1-9(8-14)12-6-4-10-3-5-11(15-2)7-13(10)12/h3,5,7-9,12H,4,6H2,1-2H3. The first-order valence-corrected chi connectivity index (χ1v) is 5.38. The molecule has 0 aliphatic heterocycles. The number of aldehydes is 1. The van der Waals surface area contributed by atoms with Crippen LogP contribution < -0.4 is 4.74 Å². The molecule has 80 valence electrons. The molecule has 0 fully saturated rings. The minimum atomic E-state index is 0.110. The van der Waals surface area contributed by atoms with Crippen LogP contribution in [0.2, 0.25) is 0 Å². The Hall–Kier alpha value is -1.31. The Labute approximate surface area is 90.3 Å². The number of rotatable bonds is 3. The topological polar surface area (TPSA) is 26.3 Å². The molecule has 1 aliphatic rings. The van der Waals surface area contributed by atoms with Gasteiger partial charge in [-0.3, -0.25) is 0 Å². The molecule has 2 atom stereocenters. The van der Waals surface area contributed by atoms with Gasteiger partial charge in [0.1, 0.15) is 12.0 Å². The minimum absolute atomic E-state index is 0.110. The Kier molecular flexibility index (Phi) is 2.76. The lowest BCUT2D eigenvalue weighted by atomic mass is 9.90. The van der Waals surface area contributed by atoms with Gasteiger partial charge >= 0.3 is 0 Å². The minimum Gasteiger partial charge on any atom is -0.497 e. The molecule has 0 radical (unpaired) electrons. The fourth-order valence-electron chi connectivity index (χ4n) is 2.38. The van der Waals surface area contributed by atoms with Gasteiger partial charge in [-0.15, -0.1) is 0 Å². The highest BCUT2D eigenvalue weighted by atomic mass is 16.5. The first kappa shape index (κ1) is 10.2. The van der Waals surface area contributed by atoms with Gasteiger partial charge in [0.25, 0.3) is 0 Å². The molecule has 15 heavy (non-hydrogen) atoms. The van der Waals surface area contributed by atoms with Crippen molar-refractivity contribution in [3.05, 3.63) is 29.3 Å². The molecule has 1 aromatic rings. The number of carbonyl (C=O) groups excluding carboxylic acids is 1. The molecule has 1 aromatic carbocycles. The second-order valence-corrected chi connectivity index (χ2v) is 4.21. The molecule has 0 saturated heterocycles. The van der Waals surface area contributed by atoms with Gasteiger partial charge in [0, 0.05) is 5.92 Å². The third-order valence-corrected chi connectivity index (χ3v) is 3.33. The fraction of sp³-hybridized carbons (Fsp3) is 0.462. The summed E-state index contributed by atoms with van der Waals surface area (Å²) >= 11 is 0. The van der Waals surface area contributed by atoms with Crippen molar-refractivity contribution >= 4 is 6.29 Å². The predicted molar refractivity (Wildman–Crippen MR) is 59.3 cm³/mol. The summed E-state index contributed by atoms with van der Waals surface area (Å²) < 4.78 is 5.21. The average molecular weight is 204 g/mol. The molecule has 0 spiro atoms. The van der Waals surface area contributed by atoms with Crippen molar-refractivity contribution in [3.8, 4) is 5.75 Å². The smallest absolute Gasteiger partial charge is 0.123 e. The summed E-state index contributed by atoms with van der Waals surface area (Å²) in [4.78, 5) is 10.8. The van der Waals surface area contributed by atoms with E-state index in [9.17, 15) is 4.79 Å². The zero-order valence-electron chi connectivity index (χ0n) is 9.19. The summed E-state index contributed by atoms with van der Waals surface area (Å²) in [5.41, 5.74) is 2.67. The van der Waals surface area contributed by atoms with E-state index in [-0.39, 0.29) is 5.92 Å². The molecule has 2 unspecified atom stereocenters. The first-order chi connectivity index (χ1) is 7.26. The van der Waals surface area contributed by atoms with E-state index in [0.29, 0.717) is 5.92 Å². The van der Waals surface area contributed by atoms with Gasteiger partial charge < -0.3 is 9.53 Å². The summed E-state index contributed by atoms with van der Waals surface area (Å²) in [6, 6.07) is 6.19. The largest absolute Gasteiger partial charge is 0.497 e. The lowest BCUT2D eigenvalue weighted by molar-refractivity contribution is -0.111. The zero-order valence-corrected chi connectivity index (χ0v) is 9.19. The number of fused-ring (bicyclic) bond motifs is 1. The molecule has 0 aromatic heterocycles. The number of aryl methyl sites for hydroxylation is 1. The summed E-state index contributed by atoms with van der Waals surface area (Å²) in [5.74, 6) is 1.38. The predicted octanol–water partition coefficient (Wildman–Crippen LogP) is 2.56. The van der Waals surface area contributed by atoms with Crippen molar-refractivity contribution in [2.45, 2.75) is 25.7 Å². The number of carbonyl (C=O) groups is 1. The monoisotopic (exact) mass is 204 g/mol. The van der Waals surface area contributed by atoms with E-state index in [0.717, 1.165) is 24.9 Å². The summed E-state index contributed by atoms with van der Waals surface area (Å²) in [6.07, 6.45) is 3.23. The van der Waals surface area contributed by atoms with Gasteiger partial charge in [0.15, 0.2) is 0 Å². The average Bonchev–Trinajstić information content (AvgIpc) is 2.70. The number of methoxy groups -OCH3 is 1. The maximum atomic E-state index is 10.8. The van der Waals surface area contributed by atoms with E-state index in [1.54, 1.807) is 7.11 Å². The van der Waals surface area contributed by atoms with Crippen LogP contribution in [0.3, 0.4) is 0 Å². The third-order valence-electron chi connectivity index (χ3n) is 3.33. The molecule has 0 saturated carbocycles. The second-order valence-electron chi connectivity index (χ2n) is 4.21. The molecule has 2 nitrogen and oxygen atoms in total. The van der Waals surface area contributed by atoms with Crippen LogP contribution in [-0.4, -0.2) is 13.4 Å². The second kappa shape index (κ2) is 4.05. The van der Waals surface area contributed by atoms with E-state index in [2.05, 4.69) is 12.1 Å². The highest BCUT2D eigenvalue weighted by Gasteiger charge is 2.27. The van der Waals surface area contributed by atoms with E-state index in [4.69, 9.17) is 4.74 Å². The lowest BCUT2D eigenvalue weighted by Gasteiger charge is -2.15. The molecule has 0 bridgehead atoms. The number of ether oxygens (including phenoxy) is 1. The number of hydrogen-bond donors (Lipinski definition) is 0. The molecule has 1 aliphatic carbocycles. The Morgan fingerprint density at radius 1 is 1.53 bits per heavy atom. The maximum absolute atomic E-state index is 10.8. The van der Waals surface area contributed by atoms with Crippen molar-refractivity contribution in [2.24, 2.45) is 5.92 Å². The van der Waals surface area contributed by atoms with Crippen molar-refractivity contribution in [1.82, 2.24) is 0 Å². The van der Waals surface area contributed by atoms with Gasteiger partial charge in [-0.1, -0.05) is 13.0 Å². The molecule has 0 heterocycles. The van der Waals surface area contributed by atoms with Crippen LogP contribution in [0.4, 0.5) is 0 Å². The zero-order chi connectivity index (χ0) is 10.8. The molecule has 0 N–H and O–H groups in total. The Morgan fingerprint density at radius 3 is 3.00 bits per heavy atom. The van der Waals surface area contributed by atoms with Crippen molar-refractivity contribution in [2.75, 3.05) is 7.11 Å². The van der Waals surface area contributed by atoms with Gasteiger partial charge in [-0.25, -0.2) is 0 Å². The Bertz CT molecular complexity index is 371. The van der Waals surface area contributed by atoms with Crippen LogP contribution in [0.5, 0.6) is 5.75 Å². The molecule has 2 heteroatoms. The summed E-state index contributed by atoms with van der Waals surface area (Å²) in [5, 5.41) is 0. The van der Waals surface area contributed by atoms with Crippen LogP contribution in [-0.2, 0) is 11.2 Å². The summed E-state index contributed by atoms with van der Waals surface area (Å²) in [7, 11) is 1.68. The fourth-order valence-corrected chi connectivity index (χ4v) is 2.38. The van der Waals surface area contributed by atoms with Gasteiger partial charge in [-0.2, -0.15) is 0 Å². The molecular formula is C13H16O2. The van der Waals surface area contributed by atoms with Crippen molar-refractivity contribution < 1.29 is 9.53 Å². The normalized spacial score (nSPS) is 20.8. The van der Waals surface area contributed by atoms with Crippen LogP contribution in [0.25, 0.3) is 0 Å². The SMILES string of the molecule is COc1ccc2c(c1)C(C(C)C=O)CC2. The number of benzene rings is 1. The van der Waals surface area contributed by atoms with E-state index >= 15 is 0 Å². The lowest BCUT2D eigenvalue weighted by Crippen LogP contribution is -2.07. The van der Waals surface area contributed by atoms with Gasteiger partial charge in [0.2, 0.25) is 0 Å². The summed E-state index contributed by atoms with van der Waals surface area (Å²) in [6.45, 7) is 1.99. The molecule has 0 amide bonds. The van der Waals surface area contributed by atoms with Crippen molar-refractivity contribution in [1.29, 1.82) is 0 Å². The highest BCUT2D eigenvalue weighted by molar-refractivity contribution is 5.57. The maximum Gasteiger partial charge on any atom is 0.123 e. The van der Waals surface area contributed by atoms with Crippen LogP contribution >= 0.6 is 0 Å².